The third kappa shape index (κ3) is 2.57. The zero-order valence-corrected chi connectivity index (χ0v) is 12.2. The Balaban J connectivity index is 2.28. The topological polar surface area (TPSA) is 46.9 Å². The molecule has 94 valence electrons. The zero-order valence-electron chi connectivity index (χ0n) is 9.87. The first-order valence-electron chi connectivity index (χ1n) is 5.22. The Morgan fingerprint density at radius 2 is 2.22 bits per heavy atom. The van der Waals surface area contributed by atoms with Gasteiger partial charge in [0.15, 0.2) is 0 Å². The molecule has 4 nitrogen and oxygen atoms in total. The van der Waals surface area contributed by atoms with E-state index in [1.807, 2.05) is 13.0 Å². The Morgan fingerprint density at radius 3 is 2.83 bits per heavy atom. The minimum atomic E-state index is -0.226. The fourth-order valence-corrected chi connectivity index (χ4v) is 2.23. The highest BCUT2D eigenvalue weighted by Crippen LogP contribution is 2.29. The molecule has 0 aliphatic heterocycles. The van der Waals surface area contributed by atoms with Gasteiger partial charge in [0, 0.05) is 16.5 Å². The van der Waals surface area contributed by atoms with Crippen molar-refractivity contribution in [3.63, 3.8) is 0 Å². The van der Waals surface area contributed by atoms with Crippen molar-refractivity contribution < 1.29 is 4.79 Å². The third-order valence-corrected chi connectivity index (χ3v) is 3.61. The number of anilines is 1. The van der Waals surface area contributed by atoms with Crippen LogP contribution in [0.25, 0.3) is 0 Å². The van der Waals surface area contributed by atoms with Gasteiger partial charge in [0.2, 0.25) is 0 Å². The van der Waals surface area contributed by atoms with E-state index in [1.165, 1.54) is 6.20 Å². The van der Waals surface area contributed by atoms with Crippen molar-refractivity contribution in [1.82, 2.24) is 9.55 Å². The van der Waals surface area contributed by atoms with E-state index in [-0.39, 0.29) is 5.91 Å². The Morgan fingerprint density at radius 1 is 1.50 bits per heavy atom. The third-order valence-electron chi connectivity index (χ3n) is 2.55. The van der Waals surface area contributed by atoms with E-state index in [0.29, 0.717) is 16.4 Å². The number of aryl methyl sites for hydroxylation is 2. The second-order valence-electron chi connectivity index (χ2n) is 3.93. The lowest BCUT2D eigenvalue weighted by Gasteiger charge is -2.09. The maximum atomic E-state index is 12.0. The summed E-state index contributed by atoms with van der Waals surface area (Å²) in [7, 11) is 1.76. The number of carbonyl (C=O) groups is 1. The molecule has 0 radical (unpaired) electrons. The molecule has 1 N–H and O–H groups in total. The van der Waals surface area contributed by atoms with E-state index in [4.69, 9.17) is 11.6 Å². The number of imidazole rings is 1. The second-order valence-corrected chi connectivity index (χ2v) is 5.19. The summed E-state index contributed by atoms with van der Waals surface area (Å²) in [5, 5.41) is 3.40. The van der Waals surface area contributed by atoms with E-state index < -0.39 is 0 Å². The summed E-state index contributed by atoms with van der Waals surface area (Å²) in [5.74, 6) is -0.226. The molecule has 2 aromatic rings. The standard InChI is InChI=1S/C12H11BrClN3O/c1-7-3-8(13)10(4-9(7)14)16-12(18)11-5-15-6-17(11)2/h3-6H,1-2H3,(H,16,18). The molecule has 6 heteroatoms. The predicted molar refractivity (Wildman–Crippen MR) is 75.1 cm³/mol. The van der Waals surface area contributed by atoms with E-state index in [9.17, 15) is 4.79 Å². The number of nitrogens with zero attached hydrogens (tertiary/aromatic N) is 2. The van der Waals surface area contributed by atoms with Gasteiger partial charge in [-0.05, 0) is 40.5 Å². The van der Waals surface area contributed by atoms with Gasteiger partial charge in [-0.25, -0.2) is 4.98 Å². The van der Waals surface area contributed by atoms with Crippen LogP contribution in [-0.2, 0) is 7.05 Å². The molecular formula is C12H11BrClN3O. The van der Waals surface area contributed by atoms with Gasteiger partial charge in [0.05, 0.1) is 18.2 Å². The van der Waals surface area contributed by atoms with Crippen molar-refractivity contribution in [3.8, 4) is 0 Å². The number of nitrogens with one attached hydrogen (secondary N) is 1. The van der Waals surface area contributed by atoms with Gasteiger partial charge in [-0.15, -0.1) is 0 Å². The zero-order chi connectivity index (χ0) is 13.3. The molecule has 0 atom stereocenters. The van der Waals surface area contributed by atoms with E-state index >= 15 is 0 Å². The van der Waals surface area contributed by atoms with Crippen molar-refractivity contribution in [1.29, 1.82) is 0 Å². The van der Waals surface area contributed by atoms with Gasteiger partial charge in [-0.2, -0.15) is 0 Å². The number of rotatable bonds is 2. The summed E-state index contributed by atoms with van der Waals surface area (Å²) < 4.78 is 2.44. The monoisotopic (exact) mass is 327 g/mol. The van der Waals surface area contributed by atoms with Crippen LogP contribution in [0.2, 0.25) is 5.02 Å². The Kier molecular flexibility index (Phi) is 3.73. The minimum absolute atomic E-state index is 0.226. The number of carbonyl (C=O) groups excluding carboxylic acids is 1. The average Bonchev–Trinajstić information content (AvgIpc) is 2.72. The lowest BCUT2D eigenvalue weighted by Crippen LogP contribution is -2.15. The van der Waals surface area contributed by atoms with Gasteiger partial charge >= 0.3 is 0 Å². The summed E-state index contributed by atoms with van der Waals surface area (Å²) >= 11 is 9.43. The van der Waals surface area contributed by atoms with Crippen LogP contribution in [0.1, 0.15) is 16.1 Å². The van der Waals surface area contributed by atoms with Gasteiger partial charge in [0.1, 0.15) is 5.69 Å². The fraction of sp³-hybridized carbons (Fsp3) is 0.167. The van der Waals surface area contributed by atoms with Crippen molar-refractivity contribution in [2.45, 2.75) is 6.92 Å². The molecule has 1 aromatic carbocycles. The minimum Gasteiger partial charge on any atom is -0.330 e. The molecule has 1 heterocycles. The van der Waals surface area contributed by atoms with Crippen LogP contribution < -0.4 is 5.32 Å². The highest BCUT2D eigenvalue weighted by atomic mass is 79.9. The molecule has 0 saturated carbocycles. The smallest absolute Gasteiger partial charge is 0.273 e. The Hall–Kier alpha value is -1.33. The molecule has 0 spiro atoms. The highest BCUT2D eigenvalue weighted by molar-refractivity contribution is 9.10. The molecule has 0 saturated heterocycles. The quantitative estimate of drug-likeness (QED) is 0.918. The van der Waals surface area contributed by atoms with Gasteiger partial charge in [-0.1, -0.05) is 11.6 Å². The fourth-order valence-electron chi connectivity index (χ4n) is 1.50. The van der Waals surface area contributed by atoms with Crippen LogP contribution >= 0.6 is 27.5 Å². The van der Waals surface area contributed by atoms with E-state index in [0.717, 1.165) is 10.0 Å². The first kappa shape index (κ1) is 13.1. The molecule has 0 aliphatic carbocycles. The largest absolute Gasteiger partial charge is 0.330 e. The number of aromatic nitrogens is 2. The number of halogens is 2. The van der Waals surface area contributed by atoms with Crippen LogP contribution in [0.15, 0.2) is 29.1 Å². The Bertz CT molecular complexity index is 609. The van der Waals surface area contributed by atoms with Crippen molar-refractivity contribution in [2.24, 2.45) is 7.05 Å². The molecule has 0 bridgehead atoms. The maximum absolute atomic E-state index is 12.0. The average molecular weight is 329 g/mol. The van der Waals surface area contributed by atoms with Crippen LogP contribution in [0.3, 0.4) is 0 Å². The van der Waals surface area contributed by atoms with Gasteiger partial charge < -0.3 is 9.88 Å². The van der Waals surface area contributed by atoms with Crippen LogP contribution in [-0.4, -0.2) is 15.5 Å². The van der Waals surface area contributed by atoms with Crippen LogP contribution in [0, 0.1) is 6.92 Å². The lowest BCUT2D eigenvalue weighted by atomic mass is 10.2. The molecular weight excluding hydrogens is 318 g/mol. The van der Waals surface area contributed by atoms with E-state index in [2.05, 4.69) is 26.2 Å². The molecule has 1 aromatic heterocycles. The van der Waals surface area contributed by atoms with Crippen LogP contribution in [0.5, 0.6) is 0 Å². The second kappa shape index (κ2) is 5.12. The van der Waals surface area contributed by atoms with E-state index in [1.54, 1.807) is 24.0 Å². The molecule has 1 amide bonds. The molecule has 0 fully saturated rings. The normalized spacial score (nSPS) is 10.4. The van der Waals surface area contributed by atoms with Crippen molar-refractivity contribution in [3.05, 3.63) is 45.4 Å². The number of hydrogen-bond acceptors (Lipinski definition) is 2. The summed E-state index contributed by atoms with van der Waals surface area (Å²) in [6.45, 7) is 1.90. The Labute approximate surface area is 118 Å². The van der Waals surface area contributed by atoms with Crippen molar-refractivity contribution in [2.75, 3.05) is 5.32 Å². The molecule has 2 rings (SSSR count). The first-order valence-corrected chi connectivity index (χ1v) is 6.39. The number of amides is 1. The van der Waals surface area contributed by atoms with Gasteiger partial charge in [-0.3, -0.25) is 4.79 Å². The first-order chi connectivity index (χ1) is 8.49. The SMILES string of the molecule is Cc1cc(Br)c(NC(=O)c2cncn2C)cc1Cl. The van der Waals surface area contributed by atoms with Crippen LogP contribution in [0.4, 0.5) is 5.69 Å². The maximum Gasteiger partial charge on any atom is 0.273 e. The summed E-state index contributed by atoms with van der Waals surface area (Å²) in [4.78, 5) is 15.9. The summed E-state index contributed by atoms with van der Waals surface area (Å²) in [6, 6.07) is 3.58. The molecule has 0 aliphatic rings. The number of hydrogen-bond donors (Lipinski definition) is 1. The summed E-state index contributed by atoms with van der Waals surface area (Å²) in [5.41, 5.74) is 2.07. The molecule has 18 heavy (non-hydrogen) atoms. The van der Waals surface area contributed by atoms with Gasteiger partial charge in [0.25, 0.3) is 5.91 Å². The molecule has 0 unspecified atom stereocenters. The highest BCUT2D eigenvalue weighted by Gasteiger charge is 2.12. The van der Waals surface area contributed by atoms with Crippen molar-refractivity contribution >= 4 is 39.1 Å². The lowest BCUT2D eigenvalue weighted by molar-refractivity contribution is 0.101. The number of benzene rings is 1. The predicted octanol–water partition coefficient (Wildman–Crippen LogP) is 3.40. The summed E-state index contributed by atoms with van der Waals surface area (Å²) in [6.07, 6.45) is 3.09.